The zero-order chi connectivity index (χ0) is 15.5. The molecule has 1 N–H and O–H groups in total. The SMILES string of the molecule is COCC(O)c1ccc2c(c1)CN(C(=O)C1CCCCC1)C2. The van der Waals surface area contributed by atoms with Gasteiger partial charge in [-0.1, -0.05) is 37.5 Å². The van der Waals surface area contributed by atoms with Crippen molar-refractivity contribution in [3.8, 4) is 0 Å². The van der Waals surface area contributed by atoms with Crippen LogP contribution < -0.4 is 0 Å². The number of benzene rings is 1. The summed E-state index contributed by atoms with van der Waals surface area (Å²) in [5.74, 6) is 0.538. The molecule has 1 amide bonds. The highest BCUT2D eigenvalue weighted by Crippen LogP contribution is 2.31. The summed E-state index contributed by atoms with van der Waals surface area (Å²) in [6.45, 7) is 1.69. The molecule has 0 radical (unpaired) electrons. The van der Waals surface area contributed by atoms with Crippen LogP contribution in [0.15, 0.2) is 18.2 Å². The molecule has 1 unspecified atom stereocenters. The van der Waals surface area contributed by atoms with E-state index in [-0.39, 0.29) is 5.92 Å². The lowest BCUT2D eigenvalue weighted by molar-refractivity contribution is -0.137. The summed E-state index contributed by atoms with van der Waals surface area (Å²) >= 11 is 0. The summed E-state index contributed by atoms with van der Waals surface area (Å²) < 4.78 is 5.00. The highest BCUT2D eigenvalue weighted by Gasteiger charge is 2.30. The number of carbonyl (C=O) groups is 1. The Labute approximate surface area is 132 Å². The van der Waals surface area contributed by atoms with E-state index in [1.807, 2.05) is 23.1 Å². The van der Waals surface area contributed by atoms with E-state index in [1.165, 1.54) is 24.8 Å². The number of rotatable bonds is 4. The second kappa shape index (κ2) is 6.80. The third-order valence-electron chi connectivity index (χ3n) is 4.93. The molecule has 0 aromatic heterocycles. The van der Waals surface area contributed by atoms with Crippen molar-refractivity contribution in [2.45, 2.75) is 51.3 Å². The lowest BCUT2D eigenvalue weighted by atomic mass is 9.88. The number of ether oxygens (including phenoxy) is 1. The van der Waals surface area contributed by atoms with Crippen molar-refractivity contribution in [1.29, 1.82) is 0 Å². The summed E-state index contributed by atoms with van der Waals surface area (Å²) in [6, 6.07) is 6.00. The zero-order valence-electron chi connectivity index (χ0n) is 13.3. The number of aliphatic hydroxyl groups is 1. The fraction of sp³-hybridized carbons (Fsp3) is 0.611. The second-order valence-corrected chi connectivity index (χ2v) is 6.53. The summed E-state index contributed by atoms with van der Waals surface area (Å²) in [4.78, 5) is 14.6. The Hall–Kier alpha value is -1.39. The van der Waals surface area contributed by atoms with Crippen LogP contribution in [-0.4, -0.2) is 29.6 Å². The molecule has 3 rings (SSSR count). The van der Waals surface area contributed by atoms with Gasteiger partial charge in [-0.25, -0.2) is 0 Å². The molecule has 22 heavy (non-hydrogen) atoms. The largest absolute Gasteiger partial charge is 0.386 e. The van der Waals surface area contributed by atoms with Gasteiger partial charge in [0.1, 0.15) is 6.10 Å². The molecule has 1 saturated carbocycles. The van der Waals surface area contributed by atoms with Crippen molar-refractivity contribution in [1.82, 2.24) is 4.90 Å². The highest BCUT2D eigenvalue weighted by molar-refractivity contribution is 5.79. The van der Waals surface area contributed by atoms with Crippen LogP contribution in [0.2, 0.25) is 0 Å². The third-order valence-corrected chi connectivity index (χ3v) is 4.93. The van der Waals surface area contributed by atoms with Gasteiger partial charge in [-0.2, -0.15) is 0 Å². The molecule has 0 spiro atoms. The average molecular weight is 303 g/mol. The number of fused-ring (bicyclic) bond motifs is 1. The van der Waals surface area contributed by atoms with E-state index >= 15 is 0 Å². The lowest BCUT2D eigenvalue weighted by Gasteiger charge is -2.25. The van der Waals surface area contributed by atoms with Crippen molar-refractivity contribution in [3.05, 3.63) is 34.9 Å². The maximum absolute atomic E-state index is 12.6. The summed E-state index contributed by atoms with van der Waals surface area (Å²) in [6.07, 6.45) is 5.13. The van der Waals surface area contributed by atoms with Gasteiger partial charge in [0.05, 0.1) is 6.61 Å². The molecule has 4 nitrogen and oxygen atoms in total. The Morgan fingerprint density at radius 2 is 2.00 bits per heavy atom. The van der Waals surface area contributed by atoms with Crippen LogP contribution in [0.5, 0.6) is 0 Å². The maximum atomic E-state index is 12.6. The van der Waals surface area contributed by atoms with E-state index in [0.29, 0.717) is 25.6 Å². The molecule has 1 aromatic rings. The number of aliphatic hydroxyl groups excluding tert-OH is 1. The molecular weight excluding hydrogens is 278 g/mol. The Balaban J connectivity index is 1.68. The molecule has 1 aliphatic carbocycles. The van der Waals surface area contributed by atoms with Gasteiger partial charge in [-0.15, -0.1) is 0 Å². The first-order valence-electron chi connectivity index (χ1n) is 8.26. The average Bonchev–Trinajstić information content (AvgIpc) is 2.98. The van der Waals surface area contributed by atoms with Gasteiger partial charge in [0.25, 0.3) is 0 Å². The minimum Gasteiger partial charge on any atom is -0.386 e. The summed E-state index contributed by atoms with van der Waals surface area (Å²) in [5, 5.41) is 10.0. The molecule has 1 atom stereocenters. The van der Waals surface area contributed by atoms with Crippen molar-refractivity contribution in [2.24, 2.45) is 5.92 Å². The summed E-state index contributed by atoms with van der Waals surface area (Å²) in [7, 11) is 1.58. The number of amides is 1. The van der Waals surface area contributed by atoms with Gasteiger partial charge in [0, 0.05) is 26.1 Å². The van der Waals surface area contributed by atoms with Crippen molar-refractivity contribution in [3.63, 3.8) is 0 Å². The second-order valence-electron chi connectivity index (χ2n) is 6.53. The van der Waals surface area contributed by atoms with Gasteiger partial charge in [0.15, 0.2) is 0 Å². The standard InChI is InChI=1S/C18H25NO3/c1-22-12-17(20)14-7-8-15-10-19(11-16(15)9-14)18(21)13-5-3-2-4-6-13/h7-9,13,17,20H,2-6,10-12H2,1H3. The smallest absolute Gasteiger partial charge is 0.226 e. The minimum absolute atomic E-state index is 0.224. The highest BCUT2D eigenvalue weighted by atomic mass is 16.5. The zero-order valence-corrected chi connectivity index (χ0v) is 13.3. The topological polar surface area (TPSA) is 49.8 Å². The van der Waals surface area contributed by atoms with Crippen LogP contribution in [0.25, 0.3) is 0 Å². The van der Waals surface area contributed by atoms with Crippen molar-refractivity contribution in [2.75, 3.05) is 13.7 Å². The number of methoxy groups -OCH3 is 1. The number of hydrogen-bond acceptors (Lipinski definition) is 3. The Kier molecular flexibility index (Phi) is 4.79. The lowest BCUT2D eigenvalue weighted by Crippen LogP contribution is -2.33. The molecule has 1 fully saturated rings. The quantitative estimate of drug-likeness (QED) is 0.930. The van der Waals surface area contributed by atoms with E-state index in [9.17, 15) is 9.90 Å². The molecular formula is C18H25NO3. The van der Waals surface area contributed by atoms with Crippen LogP contribution in [0, 0.1) is 5.92 Å². The van der Waals surface area contributed by atoms with Crippen LogP contribution in [0.3, 0.4) is 0 Å². The first-order chi connectivity index (χ1) is 10.7. The molecule has 1 heterocycles. The van der Waals surface area contributed by atoms with Crippen LogP contribution in [0.4, 0.5) is 0 Å². The van der Waals surface area contributed by atoms with Gasteiger partial charge in [-0.05, 0) is 29.5 Å². The van der Waals surface area contributed by atoms with E-state index in [2.05, 4.69) is 0 Å². The first-order valence-corrected chi connectivity index (χ1v) is 8.26. The van der Waals surface area contributed by atoms with Crippen LogP contribution in [-0.2, 0) is 22.6 Å². The van der Waals surface area contributed by atoms with Gasteiger partial charge in [-0.3, -0.25) is 4.79 Å². The number of hydrogen-bond donors (Lipinski definition) is 1. The maximum Gasteiger partial charge on any atom is 0.226 e. The van der Waals surface area contributed by atoms with Crippen molar-refractivity contribution < 1.29 is 14.6 Å². The molecule has 0 bridgehead atoms. The van der Waals surface area contributed by atoms with E-state index < -0.39 is 6.10 Å². The Bertz CT molecular complexity index is 537. The fourth-order valence-corrected chi connectivity index (χ4v) is 3.64. The van der Waals surface area contributed by atoms with Crippen LogP contribution >= 0.6 is 0 Å². The van der Waals surface area contributed by atoms with Crippen molar-refractivity contribution >= 4 is 5.91 Å². The predicted molar refractivity (Wildman–Crippen MR) is 84.1 cm³/mol. The first kappa shape index (κ1) is 15.5. The minimum atomic E-state index is -0.599. The molecule has 1 aromatic carbocycles. The van der Waals surface area contributed by atoms with Gasteiger partial charge < -0.3 is 14.7 Å². The molecule has 0 saturated heterocycles. The number of carbonyl (C=O) groups excluding carboxylic acids is 1. The van der Waals surface area contributed by atoms with E-state index in [1.54, 1.807) is 7.11 Å². The Morgan fingerprint density at radius 1 is 1.27 bits per heavy atom. The fourth-order valence-electron chi connectivity index (χ4n) is 3.64. The van der Waals surface area contributed by atoms with Gasteiger partial charge in [0.2, 0.25) is 5.91 Å². The van der Waals surface area contributed by atoms with Crippen LogP contribution in [0.1, 0.15) is 54.9 Å². The number of nitrogens with zero attached hydrogens (tertiary/aromatic N) is 1. The van der Waals surface area contributed by atoms with Gasteiger partial charge >= 0.3 is 0 Å². The molecule has 2 aliphatic rings. The predicted octanol–water partition coefficient (Wildman–Crippen LogP) is 2.79. The third kappa shape index (κ3) is 3.18. The Morgan fingerprint density at radius 3 is 2.73 bits per heavy atom. The molecule has 1 aliphatic heterocycles. The van der Waals surface area contributed by atoms with E-state index in [4.69, 9.17) is 4.74 Å². The monoisotopic (exact) mass is 303 g/mol. The normalized spacial score (nSPS) is 20.0. The molecule has 120 valence electrons. The summed E-state index contributed by atoms with van der Waals surface area (Å²) in [5.41, 5.74) is 3.24. The van der Waals surface area contributed by atoms with E-state index in [0.717, 1.165) is 24.0 Å². The molecule has 4 heteroatoms.